The minimum absolute atomic E-state index is 0.174. The van der Waals surface area contributed by atoms with E-state index in [0.29, 0.717) is 0 Å². The Labute approximate surface area is 110 Å². The molecule has 0 heterocycles. The van der Waals surface area contributed by atoms with E-state index in [9.17, 15) is 0 Å². The number of rotatable bonds is 5. The molecule has 0 saturated carbocycles. The van der Waals surface area contributed by atoms with Crippen LogP contribution in [0.4, 0.5) is 0 Å². The summed E-state index contributed by atoms with van der Waals surface area (Å²) in [5.74, 6) is 0.748. The van der Waals surface area contributed by atoms with Crippen LogP contribution in [-0.4, -0.2) is 12.1 Å². The summed E-state index contributed by atoms with van der Waals surface area (Å²) in [7, 11) is 0. The molecule has 0 aliphatic heterocycles. The summed E-state index contributed by atoms with van der Waals surface area (Å²) in [6.07, 6.45) is 1.09. The monoisotopic (exact) mass is 246 g/mol. The summed E-state index contributed by atoms with van der Waals surface area (Å²) < 4.78 is 5.52. The van der Waals surface area contributed by atoms with Gasteiger partial charge in [0.2, 0.25) is 0 Å². The van der Waals surface area contributed by atoms with Crippen molar-refractivity contribution in [3.63, 3.8) is 0 Å². The third-order valence-electron chi connectivity index (χ3n) is 3.31. The minimum atomic E-state index is -0.943. The van der Waals surface area contributed by atoms with Crippen LogP contribution < -0.4 is 10.5 Å². The van der Waals surface area contributed by atoms with Gasteiger partial charge in [-0.3, -0.25) is 0 Å². The quantitative estimate of drug-likeness (QED) is 0.868. The number of hydrogen-bond donors (Lipinski definition) is 1. The second kappa shape index (κ2) is 5.41. The van der Waals surface area contributed by atoms with Gasteiger partial charge in [-0.15, -0.1) is 0 Å². The number of ether oxygens (including phenoxy) is 1. The third kappa shape index (κ3) is 3.75. The highest BCUT2D eigenvalue weighted by atomic mass is 16.5. The molecule has 2 N–H and O–H groups in total. The van der Waals surface area contributed by atoms with Gasteiger partial charge in [0.05, 0.1) is 6.07 Å². The summed E-state index contributed by atoms with van der Waals surface area (Å²) in [5, 5.41) is 8.80. The fourth-order valence-electron chi connectivity index (χ4n) is 1.47. The van der Waals surface area contributed by atoms with E-state index in [0.717, 1.165) is 12.2 Å². The lowest BCUT2D eigenvalue weighted by Gasteiger charge is -2.23. The van der Waals surface area contributed by atoms with Gasteiger partial charge in [-0.1, -0.05) is 32.9 Å². The first-order chi connectivity index (χ1) is 8.30. The van der Waals surface area contributed by atoms with Gasteiger partial charge < -0.3 is 10.5 Å². The van der Waals surface area contributed by atoms with Gasteiger partial charge in [0.25, 0.3) is 0 Å². The maximum atomic E-state index is 8.80. The standard InChI is InChI=1S/C15H22N2O/c1-5-14(2,3)12-6-8-13(9-7-12)18-11-15(4,17)10-16/h6-9H,5,11,17H2,1-4H3. The van der Waals surface area contributed by atoms with Crippen LogP contribution in [0.15, 0.2) is 24.3 Å². The molecule has 1 aromatic rings. The topological polar surface area (TPSA) is 59.0 Å². The number of nitrogens with two attached hydrogens (primary N) is 1. The van der Waals surface area contributed by atoms with Gasteiger partial charge in [0.15, 0.2) is 0 Å². The van der Waals surface area contributed by atoms with E-state index >= 15 is 0 Å². The van der Waals surface area contributed by atoms with Crippen molar-refractivity contribution in [2.75, 3.05) is 6.61 Å². The molecule has 98 valence electrons. The van der Waals surface area contributed by atoms with E-state index in [1.54, 1.807) is 6.92 Å². The molecule has 0 aromatic heterocycles. The maximum absolute atomic E-state index is 8.80. The number of nitrogens with zero attached hydrogens (tertiary/aromatic N) is 1. The molecule has 0 bridgehead atoms. The lowest BCUT2D eigenvalue weighted by Crippen LogP contribution is -2.40. The smallest absolute Gasteiger partial charge is 0.135 e. The van der Waals surface area contributed by atoms with Crippen molar-refractivity contribution in [2.45, 2.75) is 45.1 Å². The van der Waals surface area contributed by atoms with Crippen LogP contribution in [0.5, 0.6) is 5.75 Å². The van der Waals surface area contributed by atoms with Crippen LogP contribution in [0.3, 0.4) is 0 Å². The Morgan fingerprint density at radius 2 is 1.78 bits per heavy atom. The Morgan fingerprint density at radius 3 is 2.22 bits per heavy atom. The zero-order valence-electron chi connectivity index (χ0n) is 11.7. The Morgan fingerprint density at radius 1 is 1.22 bits per heavy atom. The first kappa shape index (κ1) is 14.5. The zero-order chi connectivity index (χ0) is 13.8. The zero-order valence-corrected chi connectivity index (χ0v) is 11.7. The Bertz CT molecular complexity index is 427. The molecule has 1 rings (SSSR count). The van der Waals surface area contributed by atoms with Crippen LogP contribution in [0.2, 0.25) is 0 Å². The maximum Gasteiger partial charge on any atom is 0.135 e. The van der Waals surface area contributed by atoms with Gasteiger partial charge in [0, 0.05) is 0 Å². The number of nitriles is 1. The summed E-state index contributed by atoms with van der Waals surface area (Å²) in [6, 6.07) is 10.0. The lowest BCUT2D eigenvalue weighted by atomic mass is 9.82. The molecule has 0 aliphatic carbocycles. The average molecular weight is 246 g/mol. The highest BCUT2D eigenvalue weighted by molar-refractivity contribution is 5.31. The van der Waals surface area contributed by atoms with Gasteiger partial charge in [-0.05, 0) is 36.5 Å². The van der Waals surface area contributed by atoms with Crippen molar-refractivity contribution in [3.05, 3.63) is 29.8 Å². The molecule has 0 spiro atoms. The Kier molecular flexibility index (Phi) is 4.37. The summed E-state index contributed by atoms with van der Waals surface area (Å²) in [6.45, 7) is 8.46. The van der Waals surface area contributed by atoms with E-state index in [1.165, 1.54) is 5.56 Å². The van der Waals surface area contributed by atoms with E-state index in [2.05, 4.69) is 32.9 Å². The predicted octanol–water partition coefficient (Wildman–Crippen LogP) is 2.99. The third-order valence-corrected chi connectivity index (χ3v) is 3.31. The predicted molar refractivity (Wildman–Crippen MR) is 73.5 cm³/mol. The van der Waals surface area contributed by atoms with Crippen LogP contribution in [0.25, 0.3) is 0 Å². The SMILES string of the molecule is CCC(C)(C)c1ccc(OCC(C)(N)C#N)cc1. The average Bonchev–Trinajstić information content (AvgIpc) is 2.37. The van der Waals surface area contributed by atoms with Crippen molar-refractivity contribution >= 4 is 0 Å². The second-order valence-electron chi connectivity index (χ2n) is 5.58. The fourth-order valence-corrected chi connectivity index (χ4v) is 1.47. The fraction of sp³-hybridized carbons (Fsp3) is 0.533. The summed E-state index contributed by atoms with van der Waals surface area (Å²) in [4.78, 5) is 0. The van der Waals surface area contributed by atoms with E-state index < -0.39 is 5.54 Å². The van der Waals surface area contributed by atoms with Gasteiger partial charge in [-0.25, -0.2) is 0 Å². The Hall–Kier alpha value is -1.53. The van der Waals surface area contributed by atoms with E-state index in [4.69, 9.17) is 15.7 Å². The number of benzene rings is 1. The van der Waals surface area contributed by atoms with Crippen molar-refractivity contribution in [3.8, 4) is 11.8 Å². The molecule has 0 saturated heterocycles. The first-order valence-corrected chi connectivity index (χ1v) is 6.24. The normalized spacial score (nSPS) is 14.7. The van der Waals surface area contributed by atoms with Crippen molar-refractivity contribution < 1.29 is 4.74 Å². The molecular formula is C15H22N2O. The molecule has 1 unspecified atom stereocenters. The lowest BCUT2D eigenvalue weighted by molar-refractivity contribution is 0.264. The molecule has 0 amide bonds. The van der Waals surface area contributed by atoms with Gasteiger partial charge in [0.1, 0.15) is 17.9 Å². The molecule has 3 heteroatoms. The van der Waals surface area contributed by atoms with Gasteiger partial charge >= 0.3 is 0 Å². The highest BCUT2D eigenvalue weighted by Gasteiger charge is 2.19. The van der Waals surface area contributed by atoms with Gasteiger partial charge in [-0.2, -0.15) is 5.26 Å². The molecule has 1 atom stereocenters. The van der Waals surface area contributed by atoms with Crippen LogP contribution in [0, 0.1) is 11.3 Å². The largest absolute Gasteiger partial charge is 0.491 e. The molecule has 1 aromatic carbocycles. The second-order valence-corrected chi connectivity index (χ2v) is 5.58. The Balaban J connectivity index is 2.70. The van der Waals surface area contributed by atoms with Crippen LogP contribution in [-0.2, 0) is 5.41 Å². The van der Waals surface area contributed by atoms with Crippen molar-refractivity contribution in [2.24, 2.45) is 5.73 Å². The number of hydrogen-bond acceptors (Lipinski definition) is 3. The van der Waals surface area contributed by atoms with Crippen molar-refractivity contribution in [1.29, 1.82) is 5.26 Å². The van der Waals surface area contributed by atoms with Crippen LogP contribution in [0.1, 0.15) is 39.7 Å². The molecule has 3 nitrogen and oxygen atoms in total. The van der Waals surface area contributed by atoms with E-state index in [1.807, 2.05) is 18.2 Å². The molecule has 18 heavy (non-hydrogen) atoms. The van der Waals surface area contributed by atoms with Crippen LogP contribution >= 0.6 is 0 Å². The summed E-state index contributed by atoms with van der Waals surface area (Å²) >= 11 is 0. The highest BCUT2D eigenvalue weighted by Crippen LogP contribution is 2.28. The molecule has 0 aliphatic rings. The van der Waals surface area contributed by atoms with E-state index in [-0.39, 0.29) is 12.0 Å². The molecule has 0 radical (unpaired) electrons. The summed E-state index contributed by atoms with van der Waals surface area (Å²) in [5.41, 5.74) is 6.21. The molecular weight excluding hydrogens is 224 g/mol. The van der Waals surface area contributed by atoms with Crippen molar-refractivity contribution in [1.82, 2.24) is 0 Å². The minimum Gasteiger partial charge on any atom is -0.491 e. The first-order valence-electron chi connectivity index (χ1n) is 6.24. The molecule has 0 fully saturated rings.